The van der Waals surface area contributed by atoms with E-state index in [0.717, 1.165) is 11.3 Å². The summed E-state index contributed by atoms with van der Waals surface area (Å²) in [4.78, 5) is 0. The van der Waals surface area contributed by atoms with Gasteiger partial charge >= 0.3 is 0 Å². The van der Waals surface area contributed by atoms with Gasteiger partial charge in [0.05, 0.1) is 5.08 Å². The highest BCUT2D eigenvalue weighted by Gasteiger charge is 2.18. The fourth-order valence-corrected chi connectivity index (χ4v) is 4.00. The maximum atomic E-state index is 11.5. The molecule has 0 bridgehead atoms. The fourth-order valence-electron chi connectivity index (χ4n) is 2.16. The van der Waals surface area contributed by atoms with Gasteiger partial charge in [-0.25, -0.2) is 4.57 Å². The van der Waals surface area contributed by atoms with Crippen molar-refractivity contribution in [3.63, 3.8) is 0 Å². The van der Waals surface area contributed by atoms with Crippen LogP contribution in [0.1, 0.15) is 0 Å². The molecule has 1 heterocycles. The van der Waals surface area contributed by atoms with Crippen molar-refractivity contribution in [3.8, 4) is 11.4 Å². The number of thiocarbonyl (C=S) groups is 1. The number of hydrogen-bond acceptors (Lipinski definition) is 5. The number of nitrogens with zero attached hydrogens (tertiary/aromatic N) is 3. The summed E-state index contributed by atoms with van der Waals surface area (Å²) in [6.45, 7) is 0. The monoisotopic (exact) mass is 388 g/mol. The van der Waals surface area contributed by atoms with Crippen LogP contribution in [0.4, 0.5) is 5.69 Å². The Kier molecular flexibility index (Phi) is 5.95. The minimum Gasteiger partial charge on any atom is -0.332 e. The smallest absolute Gasteiger partial charge is 0.198 e. The van der Waals surface area contributed by atoms with E-state index in [9.17, 15) is 4.21 Å². The highest BCUT2D eigenvalue weighted by Crippen LogP contribution is 2.24. The van der Waals surface area contributed by atoms with Crippen molar-refractivity contribution in [2.75, 3.05) is 16.7 Å². The molecule has 0 saturated carbocycles. The second-order valence-electron chi connectivity index (χ2n) is 5.14. The number of rotatable bonds is 5. The predicted octanol–water partition coefficient (Wildman–Crippen LogP) is 3.62. The first-order chi connectivity index (χ1) is 12.1. The predicted molar refractivity (Wildman–Crippen MR) is 108 cm³/mol. The molecule has 0 radical (unpaired) electrons. The van der Waals surface area contributed by atoms with Crippen molar-refractivity contribution in [2.24, 2.45) is 0 Å². The summed E-state index contributed by atoms with van der Waals surface area (Å²) in [6.07, 6.45) is 1.66. The molecule has 0 saturated heterocycles. The number of nitrogens with one attached hydrogen (secondary N) is 1. The highest BCUT2D eigenvalue weighted by molar-refractivity contribution is 8.10. The van der Waals surface area contributed by atoms with E-state index in [-0.39, 0.29) is 0 Å². The topological polar surface area (TPSA) is 59.8 Å². The Balaban J connectivity index is 1.97. The lowest BCUT2D eigenvalue weighted by atomic mass is 10.2. The summed E-state index contributed by atoms with van der Waals surface area (Å²) in [5, 5.41) is 13.3. The zero-order valence-corrected chi connectivity index (χ0v) is 15.9. The van der Waals surface area contributed by atoms with Gasteiger partial charge in [-0.1, -0.05) is 60.3 Å². The lowest BCUT2D eigenvalue weighted by Crippen LogP contribution is -2.21. The number of para-hydroxylation sites is 1. The molecule has 5 nitrogen and oxygen atoms in total. The molecule has 25 heavy (non-hydrogen) atoms. The van der Waals surface area contributed by atoms with E-state index in [0.29, 0.717) is 21.2 Å². The number of anilines is 1. The van der Waals surface area contributed by atoms with Crippen LogP contribution in [-0.2, 0) is 10.8 Å². The molecule has 0 aliphatic rings. The summed E-state index contributed by atoms with van der Waals surface area (Å²) in [7, 11) is -0.943. The van der Waals surface area contributed by atoms with Crippen LogP contribution in [0.2, 0.25) is 0 Å². The largest absolute Gasteiger partial charge is 0.332 e. The highest BCUT2D eigenvalue weighted by atomic mass is 32.2. The summed E-state index contributed by atoms with van der Waals surface area (Å²) in [6, 6.07) is 19.4. The number of aromatic nitrogens is 3. The van der Waals surface area contributed by atoms with E-state index in [2.05, 4.69) is 15.5 Å². The Morgan fingerprint density at radius 1 is 1.12 bits per heavy atom. The summed E-state index contributed by atoms with van der Waals surface area (Å²) in [5.41, 5.74) is 1.80. The minimum atomic E-state index is -0.943. The summed E-state index contributed by atoms with van der Waals surface area (Å²) < 4.78 is 13.2. The molecule has 128 valence electrons. The van der Waals surface area contributed by atoms with Crippen molar-refractivity contribution in [1.29, 1.82) is 0 Å². The molecule has 0 fully saturated rings. The van der Waals surface area contributed by atoms with Gasteiger partial charge in [0, 0.05) is 28.3 Å². The van der Waals surface area contributed by atoms with Gasteiger partial charge in [-0.05, 0) is 24.4 Å². The first-order valence-corrected chi connectivity index (χ1v) is 10.6. The van der Waals surface area contributed by atoms with Gasteiger partial charge in [-0.2, -0.15) is 0 Å². The Labute approximate surface area is 158 Å². The van der Waals surface area contributed by atoms with Crippen LogP contribution in [-0.4, -0.2) is 35.4 Å². The standard InChI is InChI=1S/C17H16N4OS3/c1-25(22)12-24-17-20-19-15(13-8-4-2-5-9-13)21(17)16(23)18-14-10-6-3-7-11-14/h2-11H,12H2,1H3,(H,18,23). The Bertz CT molecular complexity index is 881. The van der Waals surface area contributed by atoms with Crippen LogP contribution in [0.3, 0.4) is 0 Å². The third-order valence-corrected chi connectivity index (χ3v) is 5.85. The Hall–Kier alpha value is -2.03. The van der Waals surface area contributed by atoms with Crippen LogP contribution in [0, 0.1) is 0 Å². The van der Waals surface area contributed by atoms with Gasteiger partial charge in [0.1, 0.15) is 0 Å². The van der Waals surface area contributed by atoms with Gasteiger partial charge in [0.25, 0.3) is 0 Å². The molecule has 0 aliphatic carbocycles. The van der Waals surface area contributed by atoms with Gasteiger partial charge in [-0.15, -0.1) is 10.2 Å². The lowest BCUT2D eigenvalue weighted by Gasteiger charge is -2.13. The van der Waals surface area contributed by atoms with Crippen molar-refractivity contribution in [3.05, 3.63) is 60.7 Å². The molecule has 0 spiro atoms. The third kappa shape index (κ3) is 4.53. The molecule has 3 aromatic rings. The van der Waals surface area contributed by atoms with Crippen molar-refractivity contribution < 1.29 is 4.21 Å². The van der Waals surface area contributed by atoms with Gasteiger partial charge in [0.15, 0.2) is 16.1 Å². The second-order valence-corrected chi connectivity index (χ2v) is 8.27. The van der Waals surface area contributed by atoms with Gasteiger partial charge in [0.2, 0.25) is 0 Å². The summed E-state index contributed by atoms with van der Waals surface area (Å²) >= 11 is 6.97. The molecule has 0 aliphatic heterocycles. The van der Waals surface area contributed by atoms with Crippen LogP contribution in [0.25, 0.3) is 11.4 Å². The van der Waals surface area contributed by atoms with Crippen molar-refractivity contribution >= 4 is 45.6 Å². The normalized spacial score (nSPS) is 11.9. The molecule has 0 amide bonds. The lowest BCUT2D eigenvalue weighted by molar-refractivity contribution is 0.689. The van der Waals surface area contributed by atoms with Crippen LogP contribution in [0.5, 0.6) is 0 Å². The molecule has 1 aromatic heterocycles. The fraction of sp³-hybridized carbons (Fsp3) is 0.118. The van der Waals surface area contributed by atoms with E-state index in [1.807, 2.05) is 60.7 Å². The average Bonchev–Trinajstić information content (AvgIpc) is 3.05. The molecular formula is C17H16N4OS3. The molecule has 1 N–H and O–H groups in total. The SMILES string of the molecule is CS(=O)CSc1nnc(-c2ccccc2)n1C(=S)Nc1ccccc1. The van der Waals surface area contributed by atoms with E-state index in [4.69, 9.17) is 12.2 Å². The first kappa shape index (κ1) is 17.8. The zero-order valence-electron chi connectivity index (χ0n) is 13.5. The van der Waals surface area contributed by atoms with E-state index in [1.165, 1.54) is 11.8 Å². The van der Waals surface area contributed by atoms with Gasteiger partial charge < -0.3 is 5.32 Å². The van der Waals surface area contributed by atoms with Crippen LogP contribution < -0.4 is 5.32 Å². The number of benzene rings is 2. The molecule has 1 unspecified atom stereocenters. The quantitative estimate of drug-likeness (QED) is 0.532. The Morgan fingerprint density at radius 3 is 2.40 bits per heavy atom. The van der Waals surface area contributed by atoms with E-state index >= 15 is 0 Å². The summed E-state index contributed by atoms with van der Waals surface area (Å²) in [5.74, 6) is 0.651. The molecule has 3 rings (SSSR count). The second kappa shape index (κ2) is 8.37. The third-order valence-electron chi connectivity index (χ3n) is 3.25. The molecule has 2 aromatic carbocycles. The number of hydrogen-bond donors (Lipinski definition) is 1. The zero-order chi connectivity index (χ0) is 17.6. The molecule has 8 heteroatoms. The maximum Gasteiger partial charge on any atom is 0.198 e. The molecular weight excluding hydrogens is 372 g/mol. The molecule has 1 atom stereocenters. The average molecular weight is 389 g/mol. The Morgan fingerprint density at radius 2 is 1.76 bits per heavy atom. The van der Waals surface area contributed by atoms with E-state index < -0.39 is 10.8 Å². The van der Waals surface area contributed by atoms with Gasteiger partial charge in [-0.3, -0.25) is 4.21 Å². The van der Waals surface area contributed by atoms with Crippen LogP contribution >= 0.6 is 24.0 Å². The van der Waals surface area contributed by atoms with Crippen LogP contribution in [0.15, 0.2) is 65.8 Å². The minimum absolute atomic E-state index is 0.431. The van der Waals surface area contributed by atoms with Crippen molar-refractivity contribution in [2.45, 2.75) is 5.16 Å². The van der Waals surface area contributed by atoms with Crippen molar-refractivity contribution in [1.82, 2.24) is 14.8 Å². The maximum absolute atomic E-state index is 11.5. The van der Waals surface area contributed by atoms with E-state index in [1.54, 1.807) is 10.8 Å². The number of thioether (sulfide) groups is 1. The first-order valence-electron chi connectivity index (χ1n) is 7.45.